The van der Waals surface area contributed by atoms with E-state index in [2.05, 4.69) is 62.3 Å². The van der Waals surface area contributed by atoms with E-state index in [-0.39, 0.29) is 5.60 Å². The molecule has 3 heteroatoms. The summed E-state index contributed by atoms with van der Waals surface area (Å²) in [5.74, 6) is 0. The van der Waals surface area contributed by atoms with E-state index in [0.29, 0.717) is 6.04 Å². The Hall–Kier alpha value is -1.32. The van der Waals surface area contributed by atoms with Crippen molar-refractivity contribution in [3.05, 3.63) is 36.0 Å². The molecule has 0 fully saturated rings. The number of H-pyrrole nitrogens is 1. The molecular weight excluding hydrogens is 236 g/mol. The monoisotopic (exact) mass is 260 g/mol. The molecule has 0 saturated heterocycles. The van der Waals surface area contributed by atoms with Gasteiger partial charge in [0.05, 0.1) is 12.2 Å². The number of aromatic nitrogens is 1. The first-order valence-electron chi connectivity index (χ1n) is 6.88. The maximum Gasteiger partial charge on any atom is 0.0624 e. The molecule has 0 bridgehead atoms. The van der Waals surface area contributed by atoms with Crippen LogP contribution in [0.4, 0.5) is 0 Å². The number of nitrogens with one attached hydrogen (secondary N) is 2. The van der Waals surface area contributed by atoms with Gasteiger partial charge in [0.1, 0.15) is 0 Å². The highest BCUT2D eigenvalue weighted by molar-refractivity contribution is 5.82. The molecular formula is C16H24N2O. The van der Waals surface area contributed by atoms with E-state index in [1.54, 1.807) is 0 Å². The third kappa shape index (κ3) is 4.08. The Morgan fingerprint density at radius 1 is 1.26 bits per heavy atom. The normalized spacial score (nSPS) is 13.9. The van der Waals surface area contributed by atoms with Crippen molar-refractivity contribution >= 4 is 10.9 Å². The first kappa shape index (κ1) is 14.1. The van der Waals surface area contributed by atoms with Crippen molar-refractivity contribution in [2.45, 2.75) is 45.9 Å². The first-order valence-corrected chi connectivity index (χ1v) is 6.88. The van der Waals surface area contributed by atoms with Crippen LogP contribution in [0.2, 0.25) is 0 Å². The molecule has 0 radical (unpaired) electrons. The zero-order chi connectivity index (χ0) is 13.9. The van der Waals surface area contributed by atoms with E-state index in [1.807, 2.05) is 6.20 Å². The Balaban J connectivity index is 1.90. The standard InChI is InChI=1S/C16H24N2O/c1-12(11-19-16(2,3)4)18-10-14-7-5-6-13-8-9-17-15(13)14/h5-9,12,17-18H,10-11H2,1-4H3/t12-/m0/s1. The van der Waals surface area contributed by atoms with Gasteiger partial charge in [0, 0.05) is 24.3 Å². The molecule has 19 heavy (non-hydrogen) atoms. The van der Waals surface area contributed by atoms with Gasteiger partial charge in [-0.3, -0.25) is 0 Å². The molecule has 104 valence electrons. The molecule has 2 rings (SSSR count). The molecule has 0 saturated carbocycles. The van der Waals surface area contributed by atoms with Gasteiger partial charge >= 0.3 is 0 Å². The Labute approximate surface area is 115 Å². The van der Waals surface area contributed by atoms with Gasteiger partial charge in [0.15, 0.2) is 0 Å². The van der Waals surface area contributed by atoms with Crippen LogP contribution in [0.25, 0.3) is 10.9 Å². The minimum absolute atomic E-state index is 0.0740. The van der Waals surface area contributed by atoms with Crippen LogP contribution in [0.15, 0.2) is 30.5 Å². The highest BCUT2D eigenvalue weighted by atomic mass is 16.5. The van der Waals surface area contributed by atoms with Crippen LogP contribution in [0.5, 0.6) is 0 Å². The molecule has 2 N–H and O–H groups in total. The molecule has 1 atom stereocenters. The van der Waals surface area contributed by atoms with E-state index in [4.69, 9.17) is 4.74 Å². The number of fused-ring (bicyclic) bond motifs is 1. The van der Waals surface area contributed by atoms with Crippen molar-refractivity contribution in [1.82, 2.24) is 10.3 Å². The third-order valence-electron chi connectivity index (χ3n) is 3.08. The van der Waals surface area contributed by atoms with Crippen LogP contribution in [0, 0.1) is 0 Å². The number of aromatic amines is 1. The molecule has 3 nitrogen and oxygen atoms in total. The summed E-state index contributed by atoms with van der Waals surface area (Å²) >= 11 is 0. The largest absolute Gasteiger partial charge is 0.374 e. The fourth-order valence-electron chi connectivity index (χ4n) is 2.02. The lowest BCUT2D eigenvalue weighted by Gasteiger charge is -2.23. The predicted molar refractivity (Wildman–Crippen MR) is 80.3 cm³/mol. The lowest BCUT2D eigenvalue weighted by atomic mass is 10.1. The summed E-state index contributed by atoms with van der Waals surface area (Å²) in [5, 5.41) is 4.77. The number of benzene rings is 1. The molecule has 1 aromatic carbocycles. The van der Waals surface area contributed by atoms with E-state index in [9.17, 15) is 0 Å². The molecule has 0 spiro atoms. The van der Waals surface area contributed by atoms with Gasteiger partial charge in [0.2, 0.25) is 0 Å². The number of hydrogen-bond donors (Lipinski definition) is 2. The summed E-state index contributed by atoms with van der Waals surface area (Å²) in [5.41, 5.74) is 2.44. The molecule has 1 aromatic heterocycles. The number of ether oxygens (including phenoxy) is 1. The molecule has 1 heterocycles. The summed E-state index contributed by atoms with van der Waals surface area (Å²) < 4.78 is 5.78. The number of rotatable bonds is 5. The first-order chi connectivity index (χ1) is 8.96. The second-order valence-electron chi connectivity index (χ2n) is 6.06. The van der Waals surface area contributed by atoms with Crippen LogP contribution in [0.1, 0.15) is 33.3 Å². The maximum atomic E-state index is 5.78. The Bertz CT molecular complexity index is 525. The van der Waals surface area contributed by atoms with Crippen LogP contribution >= 0.6 is 0 Å². The quantitative estimate of drug-likeness (QED) is 0.864. The number of hydrogen-bond acceptors (Lipinski definition) is 2. The second-order valence-corrected chi connectivity index (χ2v) is 6.06. The van der Waals surface area contributed by atoms with Crippen molar-refractivity contribution in [3.8, 4) is 0 Å². The van der Waals surface area contributed by atoms with Gasteiger partial charge in [-0.15, -0.1) is 0 Å². The maximum absolute atomic E-state index is 5.78. The fourth-order valence-corrected chi connectivity index (χ4v) is 2.02. The summed E-state index contributed by atoms with van der Waals surface area (Å²) in [6.45, 7) is 9.98. The summed E-state index contributed by atoms with van der Waals surface area (Å²) in [4.78, 5) is 3.30. The molecule has 0 amide bonds. The zero-order valence-corrected chi connectivity index (χ0v) is 12.3. The van der Waals surface area contributed by atoms with Crippen molar-refractivity contribution in [2.24, 2.45) is 0 Å². The average molecular weight is 260 g/mol. The Kier molecular flexibility index (Phi) is 4.27. The van der Waals surface area contributed by atoms with Crippen molar-refractivity contribution in [2.75, 3.05) is 6.61 Å². The third-order valence-corrected chi connectivity index (χ3v) is 3.08. The van der Waals surface area contributed by atoms with Crippen LogP contribution in [0.3, 0.4) is 0 Å². The summed E-state index contributed by atoms with van der Waals surface area (Å²) in [6, 6.07) is 8.82. The van der Waals surface area contributed by atoms with Gasteiger partial charge in [-0.05, 0) is 44.7 Å². The minimum atomic E-state index is -0.0740. The molecule has 0 unspecified atom stereocenters. The molecule has 0 aliphatic rings. The van der Waals surface area contributed by atoms with Crippen LogP contribution in [-0.2, 0) is 11.3 Å². The van der Waals surface area contributed by atoms with Crippen molar-refractivity contribution < 1.29 is 4.74 Å². The second kappa shape index (κ2) is 5.76. The van der Waals surface area contributed by atoms with Gasteiger partial charge in [-0.2, -0.15) is 0 Å². The number of para-hydroxylation sites is 1. The van der Waals surface area contributed by atoms with Gasteiger partial charge in [0.25, 0.3) is 0 Å². The summed E-state index contributed by atoms with van der Waals surface area (Å²) in [7, 11) is 0. The van der Waals surface area contributed by atoms with Gasteiger partial charge in [-0.25, -0.2) is 0 Å². The zero-order valence-electron chi connectivity index (χ0n) is 12.3. The van der Waals surface area contributed by atoms with Crippen molar-refractivity contribution in [3.63, 3.8) is 0 Å². The van der Waals surface area contributed by atoms with Crippen LogP contribution in [-0.4, -0.2) is 23.2 Å². The van der Waals surface area contributed by atoms with E-state index >= 15 is 0 Å². The fraction of sp³-hybridized carbons (Fsp3) is 0.500. The Morgan fingerprint density at radius 3 is 2.79 bits per heavy atom. The summed E-state index contributed by atoms with van der Waals surface area (Å²) in [6.07, 6.45) is 1.99. The Morgan fingerprint density at radius 2 is 2.05 bits per heavy atom. The van der Waals surface area contributed by atoms with E-state index in [0.717, 1.165) is 13.2 Å². The molecule has 0 aliphatic heterocycles. The predicted octanol–water partition coefficient (Wildman–Crippen LogP) is 3.46. The smallest absolute Gasteiger partial charge is 0.0624 e. The highest BCUT2D eigenvalue weighted by Gasteiger charge is 2.12. The topological polar surface area (TPSA) is 37.0 Å². The highest BCUT2D eigenvalue weighted by Crippen LogP contribution is 2.16. The molecule has 0 aliphatic carbocycles. The lowest BCUT2D eigenvalue weighted by molar-refractivity contribution is -0.0124. The van der Waals surface area contributed by atoms with Gasteiger partial charge in [-0.1, -0.05) is 18.2 Å². The average Bonchev–Trinajstić information content (AvgIpc) is 2.81. The minimum Gasteiger partial charge on any atom is -0.374 e. The molecule has 2 aromatic rings. The van der Waals surface area contributed by atoms with Gasteiger partial charge < -0.3 is 15.0 Å². The SMILES string of the molecule is C[C@@H](COC(C)(C)C)NCc1cccc2cc[nH]c12. The van der Waals surface area contributed by atoms with Crippen LogP contribution < -0.4 is 5.32 Å². The lowest BCUT2D eigenvalue weighted by Crippen LogP contribution is -2.34. The van der Waals surface area contributed by atoms with E-state index in [1.165, 1.54) is 16.5 Å². The van der Waals surface area contributed by atoms with Crippen molar-refractivity contribution in [1.29, 1.82) is 0 Å². The van der Waals surface area contributed by atoms with E-state index < -0.39 is 0 Å².